The molecule has 0 saturated carbocycles. The molecule has 0 bridgehead atoms. The molecule has 1 aliphatic heterocycles. The fourth-order valence-electron chi connectivity index (χ4n) is 4.11. The highest BCUT2D eigenvalue weighted by Gasteiger charge is 2.30. The molecular formula is C24H31N5O8S. The van der Waals surface area contributed by atoms with E-state index in [0.717, 1.165) is 11.0 Å². The standard InChI is InChI=1S/C24H31N5O8S/c1-36-16-21-20(13-25)23(32)29(9-11-37-12-10-30)24(33)22(21)27-26-18-4-6-19(7-5-18)38(34,35)28-8-2-3-17(14-28)15-31/h4-7,17,30-32H,2-3,8-12,14-16H2,1H3. The number of ether oxygens (including phenoxy) is 2. The van der Waals surface area contributed by atoms with E-state index in [1.807, 2.05) is 6.07 Å². The molecule has 1 aromatic carbocycles. The molecule has 1 saturated heterocycles. The molecule has 0 radical (unpaired) electrons. The third-order valence-electron chi connectivity index (χ3n) is 6.09. The van der Waals surface area contributed by atoms with Crippen molar-refractivity contribution >= 4 is 21.4 Å². The highest BCUT2D eigenvalue weighted by atomic mass is 32.2. The van der Waals surface area contributed by atoms with Crippen molar-refractivity contribution in [3.63, 3.8) is 0 Å². The smallest absolute Gasteiger partial charge is 0.281 e. The maximum absolute atomic E-state index is 13.1. The Labute approximate surface area is 220 Å². The number of pyridine rings is 1. The average Bonchev–Trinajstić information content (AvgIpc) is 2.93. The maximum atomic E-state index is 13.1. The molecule has 0 amide bonds. The number of benzene rings is 1. The van der Waals surface area contributed by atoms with Crippen LogP contribution in [0, 0.1) is 17.2 Å². The van der Waals surface area contributed by atoms with Crippen molar-refractivity contribution in [3.8, 4) is 11.9 Å². The quantitative estimate of drug-likeness (QED) is 0.260. The number of nitriles is 1. The van der Waals surface area contributed by atoms with Crippen molar-refractivity contribution in [2.45, 2.75) is 30.9 Å². The van der Waals surface area contributed by atoms with Crippen LogP contribution in [-0.4, -0.2) is 79.2 Å². The lowest BCUT2D eigenvalue weighted by atomic mass is 10.0. The molecule has 0 aliphatic carbocycles. The van der Waals surface area contributed by atoms with Gasteiger partial charge in [0.25, 0.3) is 5.56 Å². The van der Waals surface area contributed by atoms with Crippen molar-refractivity contribution < 1.29 is 33.2 Å². The summed E-state index contributed by atoms with van der Waals surface area (Å²) in [7, 11) is -2.39. The molecule has 2 aromatic rings. The lowest BCUT2D eigenvalue weighted by molar-refractivity contribution is 0.0853. The summed E-state index contributed by atoms with van der Waals surface area (Å²) in [5.74, 6) is -0.659. The normalized spacial score (nSPS) is 16.6. The first-order chi connectivity index (χ1) is 18.3. The van der Waals surface area contributed by atoms with E-state index in [0.29, 0.717) is 13.0 Å². The first kappa shape index (κ1) is 29.4. The van der Waals surface area contributed by atoms with Crippen LogP contribution in [0.25, 0.3) is 0 Å². The minimum Gasteiger partial charge on any atom is -0.493 e. The lowest BCUT2D eigenvalue weighted by Gasteiger charge is -2.30. The van der Waals surface area contributed by atoms with Gasteiger partial charge in [-0.3, -0.25) is 9.36 Å². The molecule has 206 valence electrons. The maximum Gasteiger partial charge on any atom is 0.281 e. The molecule has 0 spiro atoms. The number of aliphatic hydroxyl groups is 2. The Bertz CT molecular complexity index is 1340. The number of aromatic hydroxyl groups is 1. The van der Waals surface area contributed by atoms with E-state index in [9.17, 15) is 28.7 Å². The zero-order chi connectivity index (χ0) is 27.7. The Morgan fingerprint density at radius 3 is 2.55 bits per heavy atom. The molecule has 1 aliphatic rings. The summed E-state index contributed by atoms with van der Waals surface area (Å²) in [4.78, 5) is 13.2. The van der Waals surface area contributed by atoms with Gasteiger partial charge in [-0.1, -0.05) is 0 Å². The second-order valence-electron chi connectivity index (χ2n) is 8.61. The van der Waals surface area contributed by atoms with Crippen molar-refractivity contribution in [2.24, 2.45) is 16.1 Å². The number of piperidine rings is 1. The van der Waals surface area contributed by atoms with Gasteiger partial charge in [-0.05, 0) is 43.0 Å². The van der Waals surface area contributed by atoms with Crippen LogP contribution in [0.15, 0.2) is 44.2 Å². The van der Waals surface area contributed by atoms with Crippen LogP contribution in [0.2, 0.25) is 0 Å². The Morgan fingerprint density at radius 2 is 1.92 bits per heavy atom. The second-order valence-corrected chi connectivity index (χ2v) is 10.5. The van der Waals surface area contributed by atoms with Gasteiger partial charge in [0.1, 0.15) is 11.6 Å². The van der Waals surface area contributed by atoms with E-state index in [2.05, 4.69) is 10.2 Å². The minimum absolute atomic E-state index is 0.00882. The van der Waals surface area contributed by atoms with Crippen LogP contribution >= 0.6 is 0 Å². The average molecular weight is 550 g/mol. The largest absolute Gasteiger partial charge is 0.493 e. The molecule has 13 nitrogen and oxygen atoms in total. The molecular weight excluding hydrogens is 518 g/mol. The van der Waals surface area contributed by atoms with Crippen molar-refractivity contribution in [3.05, 3.63) is 45.7 Å². The van der Waals surface area contributed by atoms with E-state index >= 15 is 0 Å². The topological polar surface area (TPSA) is 187 Å². The van der Waals surface area contributed by atoms with Gasteiger partial charge in [0.05, 0.1) is 43.6 Å². The molecule has 14 heteroatoms. The van der Waals surface area contributed by atoms with E-state index in [4.69, 9.17) is 14.6 Å². The number of azo groups is 1. The zero-order valence-corrected chi connectivity index (χ0v) is 21.8. The first-order valence-corrected chi connectivity index (χ1v) is 13.4. The van der Waals surface area contributed by atoms with Gasteiger partial charge in [0, 0.05) is 32.4 Å². The molecule has 2 heterocycles. The monoisotopic (exact) mass is 549 g/mol. The molecule has 3 N–H and O–H groups in total. The number of methoxy groups -OCH3 is 1. The third kappa shape index (κ3) is 6.62. The van der Waals surface area contributed by atoms with Crippen LogP contribution in [0.3, 0.4) is 0 Å². The second kappa shape index (κ2) is 13.6. The number of aromatic nitrogens is 1. The summed E-state index contributed by atoms with van der Waals surface area (Å²) in [5.41, 5.74) is -0.845. The van der Waals surface area contributed by atoms with Gasteiger partial charge in [0.15, 0.2) is 5.69 Å². The number of hydrogen-bond donors (Lipinski definition) is 3. The minimum atomic E-state index is -3.75. The molecule has 1 aromatic heterocycles. The predicted octanol–water partition coefficient (Wildman–Crippen LogP) is 1.39. The summed E-state index contributed by atoms with van der Waals surface area (Å²) >= 11 is 0. The Morgan fingerprint density at radius 1 is 1.18 bits per heavy atom. The summed E-state index contributed by atoms with van der Waals surface area (Å²) < 4.78 is 38.6. The SMILES string of the molecule is COCc1c(C#N)c(O)n(CCOCCO)c(=O)c1N=Nc1ccc(S(=O)(=O)N2CCCC(CO)C2)cc1. The number of aliphatic hydroxyl groups excluding tert-OH is 2. The van der Waals surface area contributed by atoms with Gasteiger partial charge in [0.2, 0.25) is 15.9 Å². The predicted molar refractivity (Wildman–Crippen MR) is 135 cm³/mol. The van der Waals surface area contributed by atoms with Crippen molar-refractivity contribution in [1.82, 2.24) is 8.87 Å². The summed E-state index contributed by atoms with van der Waals surface area (Å²) in [6.45, 7) is 0.0883. The van der Waals surface area contributed by atoms with Gasteiger partial charge in [-0.25, -0.2) is 8.42 Å². The van der Waals surface area contributed by atoms with E-state index in [1.165, 1.54) is 35.7 Å². The van der Waals surface area contributed by atoms with Crippen LogP contribution in [0.1, 0.15) is 24.0 Å². The van der Waals surface area contributed by atoms with E-state index in [-0.39, 0.29) is 79.4 Å². The van der Waals surface area contributed by atoms with Crippen LogP contribution in [-0.2, 0) is 32.6 Å². The summed E-state index contributed by atoms with van der Waals surface area (Å²) in [5, 5.41) is 46.5. The van der Waals surface area contributed by atoms with Crippen LogP contribution < -0.4 is 5.56 Å². The number of nitrogens with zero attached hydrogens (tertiary/aromatic N) is 5. The van der Waals surface area contributed by atoms with Crippen LogP contribution in [0.5, 0.6) is 5.88 Å². The van der Waals surface area contributed by atoms with Gasteiger partial charge in [-0.15, -0.1) is 5.11 Å². The first-order valence-electron chi connectivity index (χ1n) is 12.0. The number of hydrogen-bond acceptors (Lipinski definition) is 11. The molecule has 3 rings (SSSR count). The fourth-order valence-corrected chi connectivity index (χ4v) is 5.67. The highest BCUT2D eigenvalue weighted by Crippen LogP contribution is 2.29. The molecule has 1 unspecified atom stereocenters. The molecule has 38 heavy (non-hydrogen) atoms. The summed E-state index contributed by atoms with van der Waals surface area (Å²) in [6, 6.07) is 7.51. The van der Waals surface area contributed by atoms with Crippen molar-refractivity contribution in [2.75, 3.05) is 46.6 Å². The van der Waals surface area contributed by atoms with Gasteiger partial charge < -0.3 is 24.8 Å². The zero-order valence-electron chi connectivity index (χ0n) is 21.0. The molecule has 1 atom stereocenters. The van der Waals surface area contributed by atoms with Gasteiger partial charge >= 0.3 is 0 Å². The lowest BCUT2D eigenvalue weighted by Crippen LogP contribution is -2.40. The Balaban J connectivity index is 1.91. The molecule has 1 fully saturated rings. The summed E-state index contributed by atoms with van der Waals surface area (Å²) in [6.07, 6.45) is 1.44. The van der Waals surface area contributed by atoms with Crippen LogP contribution in [0.4, 0.5) is 11.4 Å². The van der Waals surface area contributed by atoms with E-state index in [1.54, 1.807) is 0 Å². The van der Waals surface area contributed by atoms with E-state index < -0.39 is 21.5 Å². The third-order valence-corrected chi connectivity index (χ3v) is 7.97. The highest BCUT2D eigenvalue weighted by molar-refractivity contribution is 7.89. The number of sulfonamides is 1. The van der Waals surface area contributed by atoms with Gasteiger partial charge in [-0.2, -0.15) is 14.7 Å². The van der Waals surface area contributed by atoms with Crippen molar-refractivity contribution in [1.29, 1.82) is 5.26 Å². The fraction of sp³-hybridized carbons (Fsp3) is 0.500. The Kier molecular flexibility index (Phi) is 10.5. The number of rotatable bonds is 12. The Hall–Kier alpha value is -3.19.